The Kier molecular flexibility index (Phi) is 4.02. The number of halogens is 1. The van der Waals surface area contributed by atoms with Gasteiger partial charge in [-0.25, -0.2) is 0 Å². The van der Waals surface area contributed by atoms with Gasteiger partial charge in [0.05, 0.1) is 6.26 Å². The van der Waals surface area contributed by atoms with Crippen LogP contribution in [0.3, 0.4) is 0 Å². The predicted molar refractivity (Wildman–Crippen MR) is 73.1 cm³/mol. The summed E-state index contributed by atoms with van der Waals surface area (Å²) in [5.74, 6) is 1.00. The van der Waals surface area contributed by atoms with E-state index >= 15 is 0 Å². The molecule has 2 rings (SSSR count). The van der Waals surface area contributed by atoms with Gasteiger partial charge in [0.15, 0.2) is 0 Å². The fourth-order valence-electron chi connectivity index (χ4n) is 1.98. The van der Waals surface area contributed by atoms with Crippen LogP contribution >= 0.6 is 15.9 Å². The highest BCUT2D eigenvalue weighted by molar-refractivity contribution is 9.10. The summed E-state index contributed by atoms with van der Waals surface area (Å²) in [6, 6.07) is 10.6. The van der Waals surface area contributed by atoms with Crippen molar-refractivity contribution in [3.05, 3.63) is 58.0 Å². The summed E-state index contributed by atoms with van der Waals surface area (Å²) in [6.07, 6.45) is 2.58. The Morgan fingerprint density at radius 2 is 2.18 bits per heavy atom. The molecule has 1 aromatic heterocycles. The van der Waals surface area contributed by atoms with Crippen molar-refractivity contribution >= 4 is 15.9 Å². The van der Waals surface area contributed by atoms with E-state index in [1.165, 1.54) is 11.1 Å². The highest BCUT2D eigenvalue weighted by Crippen LogP contribution is 2.25. The Balaban J connectivity index is 2.25. The van der Waals surface area contributed by atoms with E-state index < -0.39 is 0 Å². The van der Waals surface area contributed by atoms with Gasteiger partial charge < -0.3 is 9.73 Å². The standard InChI is InChI=1S/C14H16BrNO/c1-10-5-6-11(15)8-13(10)14(16-2)9-12-4-3-7-17-12/h3-8,14,16H,9H2,1-2H3. The quantitative estimate of drug-likeness (QED) is 0.926. The summed E-state index contributed by atoms with van der Waals surface area (Å²) in [4.78, 5) is 0. The van der Waals surface area contributed by atoms with Gasteiger partial charge in [0.1, 0.15) is 5.76 Å². The SMILES string of the molecule is CNC(Cc1ccco1)c1cc(Br)ccc1C. The van der Waals surface area contributed by atoms with Crippen molar-refractivity contribution in [1.29, 1.82) is 0 Å². The molecule has 0 bridgehead atoms. The smallest absolute Gasteiger partial charge is 0.105 e. The van der Waals surface area contributed by atoms with Crippen molar-refractivity contribution in [2.45, 2.75) is 19.4 Å². The van der Waals surface area contributed by atoms with Crippen LogP contribution in [0.15, 0.2) is 45.5 Å². The highest BCUT2D eigenvalue weighted by Gasteiger charge is 2.14. The summed E-state index contributed by atoms with van der Waals surface area (Å²) >= 11 is 3.52. The number of hydrogen-bond donors (Lipinski definition) is 1. The summed E-state index contributed by atoms with van der Waals surface area (Å²) in [7, 11) is 1.98. The summed E-state index contributed by atoms with van der Waals surface area (Å²) < 4.78 is 6.51. The lowest BCUT2D eigenvalue weighted by molar-refractivity contribution is 0.465. The van der Waals surface area contributed by atoms with Gasteiger partial charge in [-0.2, -0.15) is 0 Å². The molecule has 1 heterocycles. The summed E-state index contributed by atoms with van der Waals surface area (Å²) in [6.45, 7) is 2.13. The van der Waals surface area contributed by atoms with Crippen LogP contribution in [0.1, 0.15) is 22.9 Å². The topological polar surface area (TPSA) is 25.2 Å². The highest BCUT2D eigenvalue weighted by atomic mass is 79.9. The maximum absolute atomic E-state index is 5.41. The van der Waals surface area contributed by atoms with Crippen LogP contribution in [0, 0.1) is 6.92 Å². The Bertz CT molecular complexity index is 479. The predicted octanol–water partition coefficient (Wildman–Crippen LogP) is 3.85. The molecule has 0 amide bonds. The second kappa shape index (κ2) is 5.52. The molecule has 2 aromatic rings. The first kappa shape index (κ1) is 12.4. The number of hydrogen-bond acceptors (Lipinski definition) is 2. The van der Waals surface area contributed by atoms with E-state index in [1.54, 1.807) is 6.26 Å². The molecule has 1 N–H and O–H groups in total. The van der Waals surface area contributed by atoms with E-state index in [0.29, 0.717) is 0 Å². The lowest BCUT2D eigenvalue weighted by Crippen LogP contribution is -2.19. The number of benzene rings is 1. The first-order chi connectivity index (χ1) is 8.20. The molecule has 1 unspecified atom stereocenters. The minimum absolute atomic E-state index is 0.277. The largest absolute Gasteiger partial charge is 0.469 e. The zero-order chi connectivity index (χ0) is 12.3. The number of rotatable bonds is 4. The van der Waals surface area contributed by atoms with Crippen LogP contribution in [0.25, 0.3) is 0 Å². The molecule has 0 radical (unpaired) electrons. The molecule has 0 spiro atoms. The van der Waals surface area contributed by atoms with E-state index in [0.717, 1.165) is 16.7 Å². The average molecular weight is 294 g/mol. The first-order valence-corrected chi connectivity index (χ1v) is 6.45. The number of aryl methyl sites for hydroxylation is 1. The van der Waals surface area contributed by atoms with Gasteiger partial charge in [-0.3, -0.25) is 0 Å². The van der Waals surface area contributed by atoms with Gasteiger partial charge in [-0.15, -0.1) is 0 Å². The molecule has 1 aromatic carbocycles. The van der Waals surface area contributed by atoms with E-state index in [2.05, 4.69) is 46.4 Å². The van der Waals surface area contributed by atoms with E-state index in [4.69, 9.17) is 4.42 Å². The maximum Gasteiger partial charge on any atom is 0.105 e. The Labute approximate surface area is 110 Å². The zero-order valence-corrected chi connectivity index (χ0v) is 11.6. The van der Waals surface area contributed by atoms with Crippen LogP contribution < -0.4 is 5.32 Å². The molecule has 0 fully saturated rings. The van der Waals surface area contributed by atoms with Gasteiger partial charge in [-0.1, -0.05) is 22.0 Å². The lowest BCUT2D eigenvalue weighted by Gasteiger charge is -2.18. The Morgan fingerprint density at radius 3 is 2.82 bits per heavy atom. The van der Waals surface area contributed by atoms with Crippen molar-refractivity contribution < 1.29 is 4.42 Å². The normalized spacial score (nSPS) is 12.6. The molecule has 0 aliphatic rings. The molecule has 0 saturated heterocycles. The van der Waals surface area contributed by atoms with E-state index in [-0.39, 0.29) is 6.04 Å². The minimum Gasteiger partial charge on any atom is -0.469 e. The molecule has 1 atom stereocenters. The van der Waals surface area contributed by atoms with Gasteiger partial charge in [0.25, 0.3) is 0 Å². The van der Waals surface area contributed by atoms with Crippen LogP contribution in [0.5, 0.6) is 0 Å². The second-order valence-corrected chi connectivity index (χ2v) is 5.04. The molecule has 17 heavy (non-hydrogen) atoms. The van der Waals surface area contributed by atoms with Crippen LogP contribution in [0.4, 0.5) is 0 Å². The molecule has 0 saturated carbocycles. The van der Waals surface area contributed by atoms with Crippen molar-refractivity contribution in [3.63, 3.8) is 0 Å². The van der Waals surface area contributed by atoms with Crippen LogP contribution in [-0.2, 0) is 6.42 Å². The second-order valence-electron chi connectivity index (χ2n) is 4.13. The van der Waals surface area contributed by atoms with Gasteiger partial charge in [0.2, 0.25) is 0 Å². The molecule has 3 heteroatoms. The monoisotopic (exact) mass is 293 g/mol. The average Bonchev–Trinajstić information content (AvgIpc) is 2.82. The van der Waals surface area contributed by atoms with Crippen molar-refractivity contribution in [3.8, 4) is 0 Å². The molecule has 0 aliphatic heterocycles. The van der Waals surface area contributed by atoms with Crippen LogP contribution in [0.2, 0.25) is 0 Å². The summed E-state index contributed by atoms with van der Waals surface area (Å²) in [5, 5.41) is 3.34. The van der Waals surface area contributed by atoms with Gasteiger partial charge >= 0.3 is 0 Å². The van der Waals surface area contributed by atoms with E-state index in [9.17, 15) is 0 Å². The van der Waals surface area contributed by atoms with Gasteiger partial charge in [-0.05, 0) is 49.4 Å². The number of nitrogens with one attached hydrogen (secondary N) is 1. The molecular formula is C14H16BrNO. The minimum atomic E-state index is 0.277. The zero-order valence-electron chi connectivity index (χ0n) is 10.0. The molecule has 2 nitrogen and oxygen atoms in total. The fraction of sp³-hybridized carbons (Fsp3) is 0.286. The molecule has 0 aliphatic carbocycles. The fourth-order valence-corrected chi connectivity index (χ4v) is 2.36. The van der Waals surface area contributed by atoms with Crippen molar-refractivity contribution in [2.24, 2.45) is 0 Å². The first-order valence-electron chi connectivity index (χ1n) is 5.66. The molecule has 90 valence electrons. The third kappa shape index (κ3) is 2.99. The summed E-state index contributed by atoms with van der Waals surface area (Å²) in [5.41, 5.74) is 2.59. The van der Waals surface area contributed by atoms with Crippen LogP contribution in [-0.4, -0.2) is 7.05 Å². The van der Waals surface area contributed by atoms with Crippen molar-refractivity contribution in [2.75, 3.05) is 7.05 Å². The molecular weight excluding hydrogens is 278 g/mol. The Morgan fingerprint density at radius 1 is 1.35 bits per heavy atom. The van der Waals surface area contributed by atoms with Gasteiger partial charge in [0, 0.05) is 16.9 Å². The van der Waals surface area contributed by atoms with Crippen molar-refractivity contribution in [1.82, 2.24) is 5.32 Å². The maximum atomic E-state index is 5.41. The third-order valence-corrected chi connectivity index (χ3v) is 3.44. The van der Waals surface area contributed by atoms with E-state index in [1.807, 2.05) is 19.2 Å². The lowest BCUT2D eigenvalue weighted by atomic mass is 9.98. The number of likely N-dealkylation sites (N-methyl/N-ethyl adjacent to an activating group) is 1. The third-order valence-electron chi connectivity index (χ3n) is 2.95. The Hall–Kier alpha value is -1.06. The number of furan rings is 1.